The van der Waals surface area contributed by atoms with E-state index in [0.717, 1.165) is 10.2 Å². The highest BCUT2D eigenvalue weighted by Crippen LogP contribution is 2.20. The minimum atomic E-state index is -1.76. The molecule has 1 amide bonds. The first-order valence-electron chi connectivity index (χ1n) is 8.17. The number of nitrogens with one attached hydrogen (secondary N) is 1. The van der Waals surface area contributed by atoms with Crippen LogP contribution in [0.1, 0.15) is 11.1 Å². The van der Waals surface area contributed by atoms with Crippen LogP contribution in [0.25, 0.3) is 0 Å². The number of carbonyl (C=O) groups excluding carboxylic acids is 1. The van der Waals surface area contributed by atoms with Gasteiger partial charge in [0.15, 0.2) is 24.1 Å². The lowest BCUT2D eigenvalue weighted by molar-refractivity contribution is -0.118. The van der Waals surface area contributed by atoms with Gasteiger partial charge in [0, 0.05) is 17.8 Å². The molecule has 0 unspecified atom stereocenters. The molecule has 0 saturated heterocycles. The fourth-order valence-corrected chi connectivity index (χ4v) is 2.48. The van der Waals surface area contributed by atoms with Crippen LogP contribution < -0.4 is 10.1 Å². The van der Waals surface area contributed by atoms with Gasteiger partial charge in [0.1, 0.15) is 11.6 Å². The summed E-state index contributed by atoms with van der Waals surface area (Å²) in [6, 6.07) is 7.46. The smallest absolute Gasteiger partial charge is 0.262 e. The van der Waals surface area contributed by atoms with Crippen LogP contribution in [0.3, 0.4) is 0 Å². The van der Waals surface area contributed by atoms with E-state index in [9.17, 15) is 22.4 Å². The van der Waals surface area contributed by atoms with Gasteiger partial charge in [0.05, 0.1) is 18.4 Å². The number of amides is 1. The molecule has 1 heterocycles. The number of carbonyl (C=O) groups is 1. The number of hydrogen-bond acceptors (Lipinski definition) is 3. The van der Waals surface area contributed by atoms with Crippen molar-refractivity contribution in [2.45, 2.75) is 13.5 Å². The molecule has 146 valence electrons. The highest BCUT2D eigenvalue weighted by molar-refractivity contribution is 5.91. The SMILES string of the molecule is Cc1ccccc1OCC(=O)Nc1cnn(Cc2c(F)cc(F)c(F)c2F)c1. The van der Waals surface area contributed by atoms with Gasteiger partial charge >= 0.3 is 0 Å². The summed E-state index contributed by atoms with van der Waals surface area (Å²) in [5.74, 6) is -6.12. The van der Waals surface area contributed by atoms with Crippen LogP contribution in [0.2, 0.25) is 0 Å². The summed E-state index contributed by atoms with van der Waals surface area (Å²) in [6.45, 7) is 1.11. The number of benzene rings is 2. The monoisotopic (exact) mass is 393 g/mol. The van der Waals surface area contributed by atoms with Crippen molar-refractivity contribution in [2.24, 2.45) is 0 Å². The van der Waals surface area contributed by atoms with E-state index in [2.05, 4.69) is 10.4 Å². The zero-order valence-electron chi connectivity index (χ0n) is 14.7. The molecule has 9 heteroatoms. The average Bonchev–Trinajstić information content (AvgIpc) is 3.10. The quantitative estimate of drug-likeness (QED) is 0.394. The highest BCUT2D eigenvalue weighted by atomic mass is 19.2. The fraction of sp³-hybridized carbons (Fsp3) is 0.158. The molecule has 0 aliphatic carbocycles. The molecule has 0 spiro atoms. The second kappa shape index (κ2) is 8.12. The van der Waals surface area contributed by atoms with E-state index >= 15 is 0 Å². The maximum atomic E-state index is 13.7. The summed E-state index contributed by atoms with van der Waals surface area (Å²) in [5.41, 5.74) is 0.447. The Kier molecular flexibility index (Phi) is 5.62. The maximum absolute atomic E-state index is 13.7. The highest BCUT2D eigenvalue weighted by Gasteiger charge is 2.19. The zero-order chi connectivity index (χ0) is 20.3. The van der Waals surface area contributed by atoms with Crippen molar-refractivity contribution in [1.82, 2.24) is 9.78 Å². The molecular weight excluding hydrogens is 378 g/mol. The van der Waals surface area contributed by atoms with Crippen LogP contribution >= 0.6 is 0 Å². The minimum Gasteiger partial charge on any atom is -0.483 e. The fourth-order valence-electron chi connectivity index (χ4n) is 2.48. The van der Waals surface area contributed by atoms with E-state index in [1.54, 1.807) is 12.1 Å². The Balaban J connectivity index is 1.62. The van der Waals surface area contributed by atoms with E-state index in [-0.39, 0.29) is 18.4 Å². The summed E-state index contributed by atoms with van der Waals surface area (Å²) < 4.78 is 60.2. The molecule has 5 nitrogen and oxygen atoms in total. The largest absolute Gasteiger partial charge is 0.483 e. The van der Waals surface area contributed by atoms with Crippen molar-refractivity contribution in [3.8, 4) is 5.75 Å². The molecule has 0 atom stereocenters. The molecule has 0 aliphatic heterocycles. The third-order valence-corrected chi connectivity index (χ3v) is 3.90. The molecule has 3 rings (SSSR count). The molecule has 0 radical (unpaired) electrons. The summed E-state index contributed by atoms with van der Waals surface area (Å²) in [6.07, 6.45) is 2.55. The van der Waals surface area contributed by atoms with Gasteiger partial charge in [-0.15, -0.1) is 0 Å². The van der Waals surface area contributed by atoms with Gasteiger partial charge in [-0.1, -0.05) is 18.2 Å². The van der Waals surface area contributed by atoms with E-state index in [1.165, 1.54) is 12.4 Å². The van der Waals surface area contributed by atoms with Gasteiger partial charge in [0.25, 0.3) is 5.91 Å². The molecule has 2 aromatic carbocycles. The van der Waals surface area contributed by atoms with E-state index in [4.69, 9.17) is 4.74 Å². The van der Waals surface area contributed by atoms with Gasteiger partial charge in [-0.3, -0.25) is 9.48 Å². The lowest BCUT2D eigenvalue weighted by atomic mass is 10.2. The molecule has 0 saturated carbocycles. The van der Waals surface area contributed by atoms with Crippen LogP contribution in [0.5, 0.6) is 5.75 Å². The van der Waals surface area contributed by atoms with Crippen LogP contribution in [-0.2, 0) is 11.3 Å². The van der Waals surface area contributed by atoms with Gasteiger partial charge in [0.2, 0.25) is 0 Å². The summed E-state index contributed by atoms with van der Waals surface area (Å²) in [5, 5.41) is 6.36. The molecule has 28 heavy (non-hydrogen) atoms. The summed E-state index contributed by atoms with van der Waals surface area (Å²) >= 11 is 0. The Hall–Kier alpha value is -3.36. The lowest BCUT2D eigenvalue weighted by Gasteiger charge is -2.08. The second-order valence-corrected chi connectivity index (χ2v) is 5.98. The Morgan fingerprint density at radius 2 is 1.89 bits per heavy atom. The van der Waals surface area contributed by atoms with Crippen LogP contribution in [0.15, 0.2) is 42.7 Å². The molecule has 0 bridgehead atoms. The predicted molar refractivity (Wildman–Crippen MR) is 92.9 cm³/mol. The van der Waals surface area contributed by atoms with Gasteiger partial charge in [-0.25, -0.2) is 17.6 Å². The molecular formula is C19H15F4N3O2. The Labute approximate surface area is 157 Å². The Morgan fingerprint density at radius 3 is 2.64 bits per heavy atom. The summed E-state index contributed by atoms with van der Waals surface area (Å²) in [4.78, 5) is 12.0. The first kappa shape index (κ1) is 19.4. The topological polar surface area (TPSA) is 56.1 Å². The van der Waals surface area contributed by atoms with Crippen molar-refractivity contribution in [1.29, 1.82) is 0 Å². The van der Waals surface area contributed by atoms with E-state index < -0.39 is 41.3 Å². The van der Waals surface area contributed by atoms with Gasteiger partial charge in [-0.05, 0) is 18.6 Å². The second-order valence-electron chi connectivity index (χ2n) is 5.98. The minimum absolute atomic E-state index is 0.248. The number of hydrogen-bond donors (Lipinski definition) is 1. The molecule has 1 N–H and O–H groups in total. The lowest BCUT2D eigenvalue weighted by Crippen LogP contribution is -2.20. The summed E-state index contributed by atoms with van der Waals surface area (Å²) in [7, 11) is 0. The average molecular weight is 393 g/mol. The van der Waals surface area contributed by atoms with E-state index in [1.807, 2.05) is 19.1 Å². The van der Waals surface area contributed by atoms with E-state index in [0.29, 0.717) is 5.75 Å². The van der Waals surface area contributed by atoms with Crippen molar-refractivity contribution in [3.63, 3.8) is 0 Å². The number of rotatable bonds is 6. The van der Waals surface area contributed by atoms with Crippen LogP contribution in [-0.4, -0.2) is 22.3 Å². The number of aryl methyl sites for hydroxylation is 1. The molecule has 0 fully saturated rings. The molecule has 1 aromatic heterocycles. The van der Waals surface area contributed by atoms with Crippen LogP contribution in [0.4, 0.5) is 23.2 Å². The number of aromatic nitrogens is 2. The molecule has 3 aromatic rings. The predicted octanol–water partition coefficient (Wildman–Crippen LogP) is 3.81. The Bertz CT molecular complexity index is 1020. The molecule has 0 aliphatic rings. The van der Waals surface area contributed by atoms with Crippen molar-refractivity contribution < 1.29 is 27.1 Å². The van der Waals surface area contributed by atoms with Crippen molar-refractivity contribution >= 4 is 11.6 Å². The standard InChI is InChI=1S/C19H15F4N3O2/c1-11-4-2-3-5-16(11)28-10-17(27)25-12-7-24-26(8-12)9-13-14(20)6-15(21)19(23)18(13)22/h2-8H,9-10H2,1H3,(H,25,27). The zero-order valence-corrected chi connectivity index (χ0v) is 14.7. The normalized spacial score (nSPS) is 10.8. The third-order valence-electron chi connectivity index (χ3n) is 3.90. The number of para-hydroxylation sites is 1. The number of ether oxygens (including phenoxy) is 1. The van der Waals surface area contributed by atoms with Crippen LogP contribution in [0, 0.1) is 30.2 Å². The number of anilines is 1. The Morgan fingerprint density at radius 1 is 1.14 bits per heavy atom. The third kappa shape index (κ3) is 4.30. The first-order chi connectivity index (χ1) is 13.3. The van der Waals surface area contributed by atoms with Crippen molar-refractivity contribution in [2.75, 3.05) is 11.9 Å². The van der Waals surface area contributed by atoms with Gasteiger partial charge < -0.3 is 10.1 Å². The number of halogens is 4. The van der Waals surface area contributed by atoms with Gasteiger partial charge in [-0.2, -0.15) is 5.10 Å². The first-order valence-corrected chi connectivity index (χ1v) is 8.17. The number of nitrogens with zero attached hydrogens (tertiary/aromatic N) is 2. The maximum Gasteiger partial charge on any atom is 0.262 e. The van der Waals surface area contributed by atoms with Crippen molar-refractivity contribution in [3.05, 3.63) is 77.1 Å².